The first-order valence-electron chi connectivity index (χ1n) is 8.89. The number of carbonyl (C=O) groups excluding carboxylic acids is 1. The second-order valence-corrected chi connectivity index (χ2v) is 8.70. The van der Waals surface area contributed by atoms with Crippen molar-refractivity contribution in [3.63, 3.8) is 0 Å². The highest BCUT2D eigenvalue weighted by atomic mass is 79.9. The molecule has 1 amide bonds. The Morgan fingerprint density at radius 3 is 2.50 bits per heavy atom. The third kappa shape index (κ3) is 4.19. The molecule has 132 valence electrons. The summed E-state index contributed by atoms with van der Waals surface area (Å²) in [6.45, 7) is 5.77. The van der Waals surface area contributed by atoms with Crippen molar-refractivity contribution in [2.75, 3.05) is 33.2 Å². The number of rotatable bonds is 6. The van der Waals surface area contributed by atoms with Crippen LogP contribution in [0.15, 0.2) is 28.7 Å². The van der Waals surface area contributed by atoms with Gasteiger partial charge in [0.2, 0.25) is 5.91 Å². The van der Waals surface area contributed by atoms with Crippen LogP contribution in [0.2, 0.25) is 0 Å². The summed E-state index contributed by atoms with van der Waals surface area (Å²) < 4.78 is 0.995. The van der Waals surface area contributed by atoms with Crippen LogP contribution in [0.3, 0.4) is 0 Å². The maximum atomic E-state index is 12.9. The lowest BCUT2D eigenvalue weighted by atomic mass is 9.92. The standard InChI is InChI=1S/C19H28BrN3O/c1-19(21,16-5-7-17(20)8-6-16)18(24)23-10-9-15(13-23)12-22(2)11-14-3-4-14/h5-8,14-15H,3-4,9-13,21H2,1-2H3. The number of benzene rings is 1. The zero-order valence-corrected chi connectivity index (χ0v) is 16.3. The Hall–Kier alpha value is -0.910. The Morgan fingerprint density at radius 1 is 1.25 bits per heavy atom. The number of nitrogens with zero attached hydrogens (tertiary/aromatic N) is 2. The summed E-state index contributed by atoms with van der Waals surface area (Å²) in [4.78, 5) is 17.3. The smallest absolute Gasteiger partial charge is 0.246 e. The molecule has 1 aromatic rings. The average molecular weight is 394 g/mol. The predicted molar refractivity (Wildman–Crippen MR) is 101 cm³/mol. The SMILES string of the molecule is CN(CC1CC1)CC1CCN(C(=O)C(C)(N)c2ccc(Br)cc2)C1. The molecule has 1 saturated heterocycles. The highest BCUT2D eigenvalue weighted by Crippen LogP contribution is 2.30. The number of nitrogens with two attached hydrogens (primary N) is 1. The molecule has 3 rings (SSSR count). The Kier molecular flexibility index (Phi) is 5.33. The molecule has 4 nitrogen and oxygen atoms in total. The Morgan fingerprint density at radius 2 is 1.88 bits per heavy atom. The molecule has 1 aliphatic heterocycles. The van der Waals surface area contributed by atoms with Gasteiger partial charge in [-0.1, -0.05) is 28.1 Å². The Labute approximate surface area is 153 Å². The molecule has 0 spiro atoms. The van der Waals surface area contributed by atoms with Gasteiger partial charge < -0.3 is 15.5 Å². The van der Waals surface area contributed by atoms with Crippen molar-refractivity contribution in [2.24, 2.45) is 17.6 Å². The van der Waals surface area contributed by atoms with E-state index in [-0.39, 0.29) is 5.91 Å². The first kappa shape index (κ1) is 17.9. The fourth-order valence-corrected chi connectivity index (χ4v) is 3.94. The van der Waals surface area contributed by atoms with Crippen LogP contribution >= 0.6 is 15.9 Å². The zero-order chi connectivity index (χ0) is 17.3. The molecule has 1 heterocycles. The monoisotopic (exact) mass is 393 g/mol. The molecule has 2 N–H and O–H groups in total. The summed E-state index contributed by atoms with van der Waals surface area (Å²) in [5.41, 5.74) is 6.32. The first-order valence-corrected chi connectivity index (χ1v) is 9.68. The lowest BCUT2D eigenvalue weighted by molar-refractivity contribution is -0.135. The van der Waals surface area contributed by atoms with E-state index in [1.807, 2.05) is 36.1 Å². The van der Waals surface area contributed by atoms with Crippen LogP contribution in [-0.4, -0.2) is 48.9 Å². The highest BCUT2D eigenvalue weighted by Gasteiger charge is 2.38. The number of likely N-dealkylation sites (tertiary alicyclic amines) is 1. The number of hydrogen-bond acceptors (Lipinski definition) is 3. The fourth-order valence-electron chi connectivity index (χ4n) is 3.67. The van der Waals surface area contributed by atoms with Crippen LogP contribution in [0, 0.1) is 11.8 Å². The molecular weight excluding hydrogens is 366 g/mol. The Bertz CT molecular complexity index is 583. The predicted octanol–water partition coefficient (Wildman–Crippen LogP) is 2.81. The van der Waals surface area contributed by atoms with Crippen LogP contribution < -0.4 is 5.73 Å². The van der Waals surface area contributed by atoms with E-state index in [0.717, 1.165) is 42.0 Å². The van der Waals surface area contributed by atoms with E-state index in [0.29, 0.717) is 5.92 Å². The van der Waals surface area contributed by atoms with Crippen LogP contribution in [0.1, 0.15) is 31.7 Å². The molecular formula is C19H28BrN3O. The zero-order valence-electron chi connectivity index (χ0n) is 14.7. The summed E-state index contributed by atoms with van der Waals surface area (Å²) in [7, 11) is 2.21. The fraction of sp³-hybridized carbons (Fsp3) is 0.632. The van der Waals surface area contributed by atoms with Crippen molar-refractivity contribution in [3.8, 4) is 0 Å². The van der Waals surface area contributed by atoms with Crippen molar-refractivity contribution in [1.82, 2.24) is 9.80 Å². The normalized spacial score (nSPS) is 23.5. The summed E-state index contributed by atoms with van der Waals surface area (Å²) >= 11 is 3.43. The molecule has 0 radical (unpaired) electrons. The minimum Gasteiger partial charge on any atom is -0.340 e. The summed E-state index contributed by atoms with van der Waals surface area (Å²) in [5, 5.41) is 0. The van der Waals surface area contributed by atoms with E-state index in [1.54, 1.807) is 0 Å². The van der Waals surface area contributed by atoms with Crippen LogP contribution in [-0.2, 0) is 10.3 Å². The molecule has 0 aromatic heterocycles. The van der Waals surface area contributed by atoms with Crippen molar-refractivity contribution < 1.29 is 4.79 Å². The van der Waals surface area contributed by atoms with E-state index in [1.165, 1.54) is 19.4 Å². The van der Waals surface area contributed by atoms with E-state index < -0.39 is 5.54 Å². The third-order valence-corrected chi connectivity index (χ3v) is 5.83. The number of carbonyl (C=O) groups is 1. The van der Waals surface area contributed by atoms with Gasteiger partial charge >= 0.3 is 0 Å². The molecule has 2 atom stereocenters. The van der Waals surface area contributed by atoms with Crippen molar-refractivity contribution in [2.45, 2.75) is 31.7 Å². The van der Waals surface area contributed by atoms with E-state index in [4.69, 9.17) is 5.73 Å². The van der Waals surface area contributed by atoms with E-state index >= 15 is 0 Å². The maximum Gasteiger partial charge on any atom is 0.246 e. The topological polar surface area (TPSA) is 49.6 Å². The second-order valence-electron chi connectivity index (χ2n) is 7.78. The summed E-state index contributed by atoms with van der Waals surface area (Å²) in [6, 6.07) is 7.73. The van der Waals surface area contributed by atoms with Gasteiger partial charge in [0.05, 0.1) is 0 Å². The lowest BCUT2D eigenvalue weighted by Crippen LogP contribution is -2.50. The van der Waals surface area contributed by atoms with E-state index in [2.05, 4.69) is 27.9 Å². The molecule has 5 heteroatoms. The molecule has 1 aliphatic carbocycles. The maximum absolute atomic E-state index is 12.9. The lowest BCUT2D eigenvalue weighted by Gasteiger charge is -2.30. The molecule has 1 aromatic carbocycles. The van der Waals surface area contributed by atoms with Crippen molar-refractivity contribution in [3.05, 3.63) is 34.3 Å². The minimum absolute atomic E-state index is 0.0390. The summed E-state index contributed by atoms with van der Waals surface area (Å²) in [5.74, 6) is 1.52. The summed E-state index contributed by atoms with van der Waals surface area (Å²) in [6.07, 6.45) is 3.85. The van der Waals surface area contributed by atoms with Crippen molar-refractivity contribution in [1.29, 1.82) is 0 Å². The number of halogens is 1. The molecule has 1 saturated carbocycles. The third-order valence-electron chi connectivity index (χ3n) is 5.30. The molecule has 24 heavy (non-hydrogen) atoms. The molecule has 2 fully saturated rings. The first-order chi connectivity index (χ1) is 11.4. The van der Waals surface area contributed by atoms with Crippen molar-refractivity contribution >= 4 is 21.8 Å². The largest absolute Gasteiger partial charge is 0.340 e. The van der Waals surface area contributed by atoms with Gasteiger partial charge in [0.15, 0.2) is 0 Å². The average Bonchev–Trinajstić information content (AvgIpc) is 3.22. The number of hydrogen-bond donors (Lipinski definition) is 1. The van der Waals surface area contributed by atoms with Gasteiger partial charge in [-0.15, -0.1) is 0 Å². The molecule has 2 aliphatic rings. The van der Waals surface area contributed by atoms with Gasteiger partial charge in [0.25, 0.3) is 0 Å². The quantitative estimate of drug-likeness (QED) is 0.807. The van der Waals surface area contributed by atoms with Gasteiger partial charge in [-0.25, -0.2) is 0 Å². The van der Waals surface area contributed by atoms with Crippen LogP contribution in [0.5, 0.6) is 0 Å². The van der Waals surface area contributed by atoms with Gasteiger partial charge in [-0.2, -0.15) is 0 Å². The van der Waals surface area contributed by atoms with Gasteiger partial charge in [0.1, 0.15) is 5.54 Å². The van der Waals surface area contributed by atoms with E-state index in [9.17, 15) is 4.79 Å². The van der Waals surface area contributed by atoms with Gasteiger partial charge in [0, 0.05) is 30.7 Å². The highest BCUT2D eigenvalue weighted by molar-refractivity contribution is 9.10. The number of amides is 1. The minimum atomic E-state index is -0.963. The second kappa shape index (κ2) is 7.14. The van der Waals surface area contributed by atoms with Gasteiger partial charge in [-0.05, 0) is 62.8 Å². The van der Waals surface area contributed by atoms with Crippen LogP contribution in [0.4, 0.5) is 0 Å². The molecule has 0 bridgehead atoms. The molecule has 2 unspecified atom stereocenters. The Balaban J connectivity index is 1.57. The van der Waals surface area contributed by atoms with Gasteiger partial charge in [-0.3, -0.25) is 4.79 Å². The van der Waals surface area contributed by atoms with Crippen LogP contribution in [0.25, 0.3) is 0 Å².